The Morgan fingerprint density at radius 1 is 0.821 bits per heavy atom. The number of hydrogen-bond donors (Lipinski definition) is 3. The Balaban J connectivity index is 1.33. The number of fused-ring (bicyclic) bond motifs is 2. The number of nitrogens with one attached hydrogen (secondary N) is 3. The summed E-state index contributed by atoms with van der Waals surface area (Å²) in [7, 11) is 0. The predicted octanol–water partition coefficient (Wildman–Crippen LogP) is 6.00. The fourth-order valence-electron chi connectivity index (χ4n) is 4.65. The van der Waals surface area contributed by atoms with Crippen molar-refractivity contribution in [1.29, 1.82) is 0 Å². The van der Waals surface area contributed by atoms with Gasteiger partial charge in [-0.25, -0.2) is 0 Å². The average Bonchev–Trinajstić information content (AvgIpc) is 3.41. The number of aromatic amines is 1. The highest BCUT2D eigenvalue weighted by atomic mass is 16.2. The van der Waals surface area contributed by atoms with Gasteiger partial charge in [0.05, 0.1) is 5.52 Å². The van der Waals surface area contributed by atoms with Crippen LogP contribution in [0.5, 0.6) is 0 Å². The Bertz CT molecular complexity index is 1790. The third kappa shape index (κ3) is 5.08. The minimum Gasteiger partial charge on any atom is -0.325 e. The molecule has 3 aromatic carbocycles. The van der Waals surface area contributed by atoms with Gasteiger partial charge in [-0.3, -0.25) is 24.7 Å². The molecule has 6 rings (SSSR count). The van der Waals surface area contributed by atoms with Crippen LogP contribution in [0.1, 0.15) is 22.5 Å². The van der Waals surface area contributed by atoms with E-state index in [1.54, 1.807) is 36.9 Å². The molecule has 3 aromatic heterocycles. The highest BCUT2D eigenvalue weighted by Crippen LogP contribution is 2.35. The minimum atomic E-state index is -0.327. The molecule has 0 bridgehead atoms. The summed E-state index contributed by atoms with van der Waals surface area (Å²) < 4.78 is 0. The largest absolute Gasteiger partial charge is 0.325 e. The van der Waals surface area contributed by atoms with Crippen molar-refractivity contribution in [1.82, 2.24) is 20.2 Å². The second kappa shape index (κ2) is 10.5. The van der Waals surface area contributed by atoms with E-state index in [9.17, 15) is 9.59 Å². The topological polar surface area (TPSA) is 113 Å². The summed E-state index contributed by atoms with van der Waals surface area (Å²) in [6.45, 7) is 0. The van der Waals surface area contributed by atoms with Crippen LogP contribution in [0.2, 0.25) is 0 Å². The van der Waals surface area contributed by atoms with Gasteiger partial charge in [0.15, 0.2) is 5.69 Å². The van der Waals surface area contributed by atoms with Gasteiger partial charge in [-0.2, -0.15) is 5.10 Å². The molecule has 2 amide bonds. The lowest BCUT2D eigenvalue weighted by Gasteiger charge is -2.13. The molecule has 0 radical (unpaired) electrons. The van der Waals surface area contributed by atoms with Crippen molar-refractivity contribution in [2.75, 3.05) is 10.6 Å². The van der Waals surface area contributed by atoms with Crippen LogP contribution in [-0.2, 0) is 11.2 Å². The van der Waals surface area contributed by atoms with Crippen LogP contribution in [0.15, 0.2) is 104 Å². The molecule has 8 heteroatoms. The number of carbonyl (C=O) groups excluding carboxylic acids is 2. The Kier molecular flexibility index (Phi) is 6.49. The maximum absolute atomic E-state index is 13.0. The lowest BCUT2D eigenvalue weighted by atomic mass is 9.98. The number of H-pyrrole nitrogens is 1. The van der Waals surface area contributed by atoms with E-state index in [-0.39, 0.29) is 17.5 Å². The summed E-state index contributed by atoms with van der Waals surface area (Å²) in [6.07, 6.45) is 7.82. The standard InChI is InChI=1S/C31H24N6O2/c38-28(12-9-20-5-2-1-3-6-20)35-27-8-4-7-22-18-33-19-25(29(22)27)21-10-11-26-24(17-21)30(37-36-26)31(39)34-23-13-15-32-16-14-23/h1-8,10-11,13-19H,9,12H2,(H,35,38)(H,36,37)(H,32,34,39). The van der Waals surface area contributed by atoms with Gasteiger partial charge in [0, 0.05) is 64.3 Å². The first-order valence-electron chi connectivity index (χ1n) is 12.6. The molecule has 6 aromatic rings. The number of rotatable bonds is 7. The Labute approximate surface area is 224 Å². The van der Waals surface area contributed by atoms with E-state index in [0.29, 0.717) is 29.6 Å². The maximum atomic E-state index is 13.0. The van der Waals surface area contributed by atoms with E-state index in [4.69, 9.17) is 0 Å². The van der Waals surface area contributed by atoms with Crippen LogP contribution < -0.4 is 10.6 Å². The maximum Gasteiger partial charge on any atom is 0.276 e. The third-order valence-electron chi connectivity index (χ3n) is 6.57. The number of anilines is 2. The van der Waals surface area contributed by atoms with Gasteiger partial charge >= 0.3 is 0 Å². The lowest BCUT2D eigenvalue weighted by molar-refractivity contribution is -0.116. The molecule has 0 spiro atoms. The molecule has 8 nitrogen and oxygen atoms in total. The molecule has 0 aliphatic rings. The Morgan fingerprint density at radius 2 is 1.67 bits per heavy atom. The van der Waals surface area contributed by atoms with Gasteiger partial charge < -0.3 is 10.6 Å². The van der Waals surface area contributed by atoms with E-state index in [2.05, 4.69) is 30.8 Å². The van der Waals surface area contributed by atoms with Gasteiger partial charge in [-0.1, -0.05) is 48.5 Å². The van der Waals surface area contributed by atoms with Gasteiger partial charge in [0.1, 0.15) is 0 Å². The zero-order valence-corrected chi connectivity index (χ0v) is 20.9. The molecule has 3 heterocycles. The molecule has 0 atom stereocenters. The zero-order chi connectivity index (χ0) is 26.6. The first-order chi connectivity index (χ1) is 19.2. The van der Waals surface area contributed by atoms with Crippen molar-refractivity contribution in [3.05, 3.63) is 115 Å². The van der Waals surface area contributed by atoms with Gasteiger partial charge in [0.25, 0.3) is 5.91 Å². The minimum absolute atomic E-state index is 0.0607. The highest BCUT2D eigenvalue weighted by Gasteiger charge is 2.17. The summed E-state index contributed by atoms with van der Waals surface area (Å²) in [5.74, 6) is -0.388. The van der Waals surface area contributed by atoms with E-state index in [1.807, 2.05) is 66.7 Å². The quantitative estimate of drug-likeness (QED) is 0.243. The number of nitrogens with zero attached hydrogens (tertiary/aromatic N) is 3. The van der Waals surface area contributed by atoms with E-state index >= 15 is 0 Å². The summed E-state index contributed by atoms with van der Waals surface area (Å²) in [4.78, 5) is 34.3. The van der Waals surface area contributed by atoms with E-state index in [0.717, 1.165) is 33.0 Å². The lowest BCUT2D eigenvalue weighted by Crippen LogP contribution is -2.13. The van der Waals surface area contributed by atoms with Gasteiger partial charge in [0.2, 0.25) is 5.91 Å². The fraction of sp³-hybridized carbons (Fsp3) is 0.0645. The van der Waals surface area contributed by atoms with Crippen LogP contribution in [0, 0.1) is 0 Å². The first-order valence-corrected chi connectivity index (χ1v) is 12.6. The number of pyridine rings is 2. The smallest absolute Gasteiger partial charge is 0.276 e. The van der Waals surface area contributed by atoms with Crippen molar-refractivity contribution < 1.29 is 9.59 Å². The second-order valence-corrected chi connectivity index (χ2v) is 9.15. The molecule has 0 aliphatic carbocycles. The van der Waals surface area contributed by atoms with Crippen LogP contribution in [-0.4, -0.2) is 32.0 Å². The second-order valence-electron chi connectivity index (χ2n) is 9.15. The first kappa shape index (κ1) is 24.0. The molecule has 0 fully saturated rings. The van der Waals surface area contributed by atoms with Crippen molar-refractivity contribution in [3.8, 4) is 11.1 Å². The number of amides is 2. The van der Waals surface area contributed by atoms with Crippen molar-refractivity contribution in [2.24, 2.45) is 0 Å². The number of benzene rings is 3. The summed E-state index contributed by atoms with van der Waals surface area (Å²) >= 11 is 0. The van der Waals surface area contributed by atoms with Crippen LogP contribution >= 0.6 is 0 Å². The number of carbonyl (C=O) groups is 2. The number of aryl methyl sites for hydroxylation is 1. The van der Waals surface area contributed by atoms with E-state index in [1.165, 1.54) is 0 Å². The van der Waals surface area contributed by atoms with Crippen LogP contribution in [0.4, 0.5) is 11.4 Å². The third-order valence-corrected chi connectivity index (χ3v) is 6.57. The predicted molar refractivity (Wildman–Crippen MR) is 152 cm³/mol. The Hall–Kier alpha value is -5.37. The molecule has 3 N–H and O–H groups in total. The Morgan fingerprint density at radius 3 is 2.51 bits per heavy atom. The summed E-state index contributed by atoms with van der Waals surface area (Å²) in [5.41, 5.74) is 5.18. The van der Waals surface area contributed by atoms with E-state index < -0.39 is 0 Å². The molecule has 0 saturated carbocycles. The van der Waals surface area contributed by atoms with Gasteiger partial charge in [-0.15, -0.1) is 0 Å². The van der Waals surface area contributed by atoms with Crippen molar-refractivity contribution >= 4 is 44.9 Å². The van der Waals surface area contributed by atoms with Crippen molar-refractivity contribution in [2.45, 2.75) is 12.8 Å². The molecular weight excluding hydrogens is 488 g/mol. The monoisotopic (exact) mass is 512 g/mol. The number of aromatic nitrogens is 4. The molecule has 0 aliphatic heterocycles. The van der Waals surface area contributed by atoms with Crippen LogP contribution in [0.25, 0.3) is 32.8 Å². The summed E-state index contributed by atoms with van der Waals surface area (Å²) in [6, 6.07) is 24.9. The SMILES string of the molecule is O=C(CCc1ccccc1)Nc1cccc2cncc(-c3ccc4[nH]nc(C(=O)Nc5ccncc5)c4c3)c12. The highest BCUT2D eigenvalue weighted by molar-refractivity contribution is 6.13. The van der Waals surface area contributed by atoms with Gasteiger partial charge in [-0.05, 0) is 47.9 Å². The molecule has 39 heavy (non-hydrogen) atoms. The fourth-order valence-corrected chi connectivity index (χ4v) is 4.65. The van der Waals surface area contributed by atoms with Crippen LogP contribution in [0.3, 0.4) is 0 Å². The molecule has 190 valence electrons. The number of hydrogen-bond acceptors (Lipinski definition) is 5. The summed E-state index contributed by atoms with van der Waals surface area (Å²) in [5, 5.41) is 15.6. The normalized spacial score (nSPS) is 11.0. The average molecular weight is 513 g/mol. The molecular formula is C31H24N6O2. The molecule has 0 unspecified atom stereocenters. The zero-order valence-electron chi connectivity index (χ0n) is 20.9. The molecule has 0 saturated heterocycles. The van der Waals surface area contributed by atoms with Crippen molar-refractivity contribution in [3.63, 3.8) is 0 Å².